The maximum Gasteiger partial charge on any atom is 0.241 e. The Kier molecular flexibility index (Phi) is 3.58. The van der Waals surface area contributed by atoms with E-state index >= 15 is 0 Å². The molecule has 0 saturated heterocycles. The van der Waals surface area contributed by atoms with Gasteiger partial charge in [0.1, 0.15) is 6.04 Å². The Hall–Kier alpha value is -1.62. The molecule has 2 rings (SSSR count). The van der Waals surface area contributed by atoms with Crippen LogP contribution in [0.4, 0.5) is 0 Å². The molecule has 0 spiro atoms. The van der Waals surface area contributed by atoms with E-state index in [1.165, 1.54) is 0 Å². The summed E-state index contributed by atoms with van der Waals surface area (Å²) in [7, 11) is 0. The van der Waals surface area contributed by atoms with Gasteiger partial charge < -0.3 is 9.88 Å². The van der Waals surface area contributed by atoms with Crippen molar-refractivity contribution >= 4 is 5.91 Å². The Bertz CT molecular complexity index is 436. The molecule has 1 atom stereocenters. The third-order valence-corrected chi connectivity index (χ3v) is 3.06. The second kappa shape index (κ2) is 5.14. The van der Waals surface area contributed by atoms with Crippen LogP contribution in [-0.4, -0.2) is 34.6 Å². The molecule has 0 radical (unpaired) electrons. The van der Waals surface area contributed by atoms with E-state index in [0.717, 1.165) is 24.5 Å². The zero-order chi connectivity index (χ0) is 12.3. The Labute approximate surface area is 101 Å². The zero-order valence-corrected chi connectivity index (χ0v) is 10.2. The topological polar surface area (TPSA) is 59.0 Å². The summed E-state index contributed by atoms with van der Waals surface area (Å²) in [6, 6.07) is -0.166. The highest BCUT2D eigenvalue weighted by Crippen LogP contribution is 2.03. The molecular formula is C12H18N4O. The monoisotopic (exact) mass is 234 g/mol. The normalized spacial score (nSPS) is 18.6. The first-order valence-corrected chi connectivity index (χ1v) is 5.84. The molecule has 2 heterocycles. The second-order valence-corrected chi connectivity index (χ2v) is 4.21. The van der Waals surface area contributed by atoms with Crippen LogP contribution in [0.3, 0.4) is 0 Å². The highest BCUT2D eigenvalue weighted by molar-refractivity contribution is 5.84. The lowest BCUT2D eigenvalue weighted by molar-refractivity contribution is -0.121. The van der Waals surface area contributed by atoms with E-state index < -0.39 is 0 Å². The molecule has 5 heteroatoms. The SMILES string of the molecule is Cc1ncn(CCNC(=O)[C@@H]2C=CCN2)c1C. The summed E-state index contributed by atoms with van der Waals surface area (Å²) in [5, 5.41) is 5.99. The van der Waals surface area contributed by atoms with Gasteiger partial charge in [0.25, 0.3) is 0 Å². The van der Waals surface area contributed by atoms with Crippen molar-refractivity contribution in [3.63, 3.8) is 0 Å². The van der Waals surface area contributed by atoms with Gasteiger partial charge in [0, 0.05) is 25.3 Å². The Morgan fingerprint density at radius 2 is 2.47 bits per heavy atom. The Morgan fingerprint density at radius 1 is 1.65 bits per heavy atom. The minimum Gasteiger partial charge on any atom is -0.353 e. The molecule has 0 aliphatic carbocycles. The molecule has 1 aliphatic rings. The number of nitrogens with one attached hydrogen (secondary N) is 2. The van der Waals surface area contributed by atoms with Crippen molar-refractivity contribution in [3.8, 4) is 0 Å². The highest BCUT2D eigenvalue weighted by Gasteiger charge is 2.16. The molecule has 0 aromatic carbocycles. The molecule has 1 amide bonds. The number of hydrogen-bond donors (Lipinski definition) is 2. The van der Waals surface area contributed by atoms with E-state index in [4.69, 9.17) is 0 Å². The lowest BCUT2D eigenvalue weighted by Gasteiger charge is -2.11. The van der Waals surface area contributed by atoms with Gasteiger partial charge in [0.05, 0.1) is 12.0 Å². The molecule has 0 unspecified atom stereocenters. The van der Waals surface area contributed by atoms with Gasteiger partial charge >= 0.3 is 0 Å². The van der Waals surface area contributed by atoms with Crippen LogP contribution in [0, 0.1) is 13.8 Å². The molecule has 2 N–H and O–H groups in total. The van der Waals surface area contributed by atoms with Crippen LogP contribution in [0.1, 0.15) is 11.4 Å². The van der Waals surface area contributed by atoms with E-state index in [1.54, 1.807) is 0 Å². The van der Waals surface area contributed by atoms with Gasteiger partial charge in [0.15, 0.2) is 0 Å². The largest absolute Gasteiger partial charge is 0.353 e. The van der Waals surface area contributed by atoms with Crippen molar-refractivity contribution in [1.82, 2.24) is 20.2 Å². The molecule has 1 aromatic rings. The number of carbonyl (C=O) groups is 1. The van der Waals surface area contributed by atoms with Crippen molar-refractivity contribution < 1.29 is 4.79 Å². The molecular weight excluding hydrogens is 216 g/mol. The Balaban J connectivity index is 1.77. The van der Waals surface area contributed by atoms with Gasteiger partial charge in [-0.3, -0.25) is 10.1 Å². The zero-order valence-electron chi connectivity index (χ0n) is 10.2. The van der Waals surface area contributed by atoms with Crippen LogP contribution in [0.5, 0.6) is 0 Å². The number of imidazole rings is 1. The van der Waals surface area contributed by atoms with E-state index in [1.807, 2.05) is 36.9 Å². The summed E-state index contributed by atoms with van der Waals surface area (Å²) in [5.74, 6) is 0.0354. The number of carbonyl (C=O) groups excluding carboxylic acids is 1. The Morgan fingerprint density at radius 3 is 3.06 bits per heavy atom. The maximum atomic E-state index is 11.7. The smallest absolute Gasteiger partial charge is 0.241 e. The van der Waals surface area contributed by atoms with E-state index in [-0.39, 0.29) is 11.9 Å². The van der Waals surface area contributed by atoms with E-state index in [0.29, 0.717) is 6.54 Å². The van der Waals surface area contributed by atoms with Gasteiger partial charge in [0.2, 0.25) is 5.91 Å². The molecule has 17 heavy (non-hydrogen) atoms. The molecule has 0 bridgehead atoms. The fourth-order valence-corrected chi connectivity index (χ4v) is 1.83. The predicted molar refractivity (Wildman–Crippen MR) is 65.6 cm³/mol. The fourth-order valence-electron chi connectivity index (χ4n) is 1.83. The van der Waals surface area contributed by atoms with Crippen molar-refractivity contribution in [2.24, 2.45) is 0 Å². The third-order valence-electron chi connectivity index (χ3n) is 3.06. The van der Waals surface area contributed by atoms with Crippen LogP contribution in [-0.2, 0) is 11.3 Å². The summed E-state index contributed by atoms with van der Waals surface area (Å²) in [6.45, 7) is 6.18. The van der Waals surface area contributed by atoms with Crippen LogP contribution < -0.4 is 10.6 Å². The average molecular weight is 234 g/mol. The van der Waals surface area contributed by atoms with Crippen LogP contribution in [0.2, 0.25) is 0 Å². The van der Waals surface area contributed by atoms with Crippen molar-refractivity contribution in [1.29, 1.82) is 0 Å². The molecule has 0 saturated carbocycles. The number of aromatic nitrogens is 2. The third kappa shape index (κ3) is 2.74. The molecule has 1 aromatic heterocycles. The first-order chi connectivity index (χ1) is 8.18. The lowest BCUT2D eigenvalue weighted by Crippen LogP contribution is -2.41. The summed E-state index contributed by atoms with van der Waals surface area (Å²) >= 11 is 0. The first kappa shape index (κ1) is 11.9. The van der Waals surface area contributed by atoms with E-state index in [2.05, 4.69) is 15.6 Å². The number of nitrogens with zero attached hydrogens (tertiary/aromatic N) is 2. The van der Waals surface area contributed by atoms with Gasteiger partial charge in [-0.15, -0.1) is 0 Å². The fraction of sp³-hybridized carbons (Fsp3) is 0.500. The first-order valence-electron chi connectivity index (χ1n) is 5.84. The standard InChI is InChI=1S/C12H18N4O/c1-9-10(2)16(8-15-9)7-6-14-12(17)11-4-3-5-13-11/h3-4,8,11,13H,5-7H2,1-2H3,(H,14,17)/t11-/m0/s1. The molecule has 5 nitrogen and oxygen atoms in total. The van der Waals surface area contributed by atoms with Crippen molar-refractivity contribution in [2.75, 3.05) is 13.1 Å². The van der Waals surface area contributed by atoms with Gasteiger partial charge in [-0.1, -0.05) is 12.2 Å². The second-order valence-electron chi connectivity index (χ2n) is 4.21. The lowest BCUT2D eigenvalue weighted by atomic mass is 10.3. The number of hydrogen-bond acceptors (Lipinski definition) is 3. The summed E-state index contributed by atoms with van der Waals surface area (Å²) in [6.07, 6.45) is 5.67. The predicted octanol–water partition coefficient (Wildman–Crippen LogP) is 0.144. The minimum atomic E-state index is -0.166. The van der Waals surface area contributed by atoms with E-state index in [9.17, 15) is 4.79 Å². The summed E-state index contributed by atoms with van der Waals surface area (Å²) < 4.78 is 2.05. The summed E-state index contributed by atoms with van der Waals surface area (Å²) in [4.78, 5) is 15.9. The van der Waals surface area contributed by atoms with Gasteiger partial charge in [-0.2, -0.15) is 0 Å². The maximum absolute atomic E-state index is 11.7. The quantitative estimate of drug-likeness (QED) is 0.729. The van der Waals surface area contributed by atoms with Crippen molar-refractivity contribution in [2.45, 2.75) is 26.4 Å². The van der Waals surface area contributed by atoms with Crippen LogP contribution >= 0.6 is 0 Å². The molecule has 1 aliphatic heterocycles. The van der Waals surface area contributed by atoms with Crippen LogP contribution in [0.15, 0.2) is 18.5 Å². The summed E-state index contributed by atoms with van der Waals surface area (Å²) in [5.41, 5.74) is 2.19. The minimum absolute atomic E-state index is 0.0354. The number of amides is 1. The number of aryl methyl sites for hydroxylation is 1. The van der Waals surface area contributed by atoms with Gasteiger partial charge in [-0.05, 0) is 13.8 Å². The highest BCUT2D eigenvalue weighted by atomic mass is 16.2. The molecule has 0 fully saturated rings. The molecule has 92 valence electrons. The number of rotatable bonds is 4. The van der Waals surface area contributed by atoms with Gasteiger partial charge in [-0.25, -0.2) is 4.98 Å². The van der Waals surface area contributed by atoms with Crippen LogP contribution in [0.25, 0.3) is 0 Å². The average Bonchev–Trinajstić information content (AvgIpc) is 2.93. The van der Waals surface area contributed by atoms with Crippen molar-refractivity contribution in [3.05, 3.63) is 29.9 Å².